The number of aryl methyl sites for hydroxylation is 1. The fourth-order valence-corrected chi connectivity index (χ4v) is 2.13. The molecule has 1 fully saturated rings. The van der Waals surface area contributed by atoms with E-state index >= 15 is 0 Å². The summed E-state index contributed by atoms with van der Waals surface area (Å²) >= 11 is 5.82. The van der Waals surface area contributed by atoms with Gasteiger partial charge in [-0.1, -0.05) is 23.7 Å². The first-order valence-corrected chi connectivity index (χ1v) is 6.98. The minimum Gasteiger partial charge on any atom is -0.366 e. The Morgan fingerprint density at radius 1 is 1.40 bits per heavy atom. The Kier molecular flexibility index (Phi) is 7.92. The molecular weight excluding hydrogens is 299 g/mol. The molecule has 1 unspecified atom stereocenters. The summed E-state index contributed by atoms with van der Waals surface area (Å²) in [6, 6.07) is 7.80. The first-order valence-electron chi connectivity index (χ1n) is 6.60. The van der Waals surface area contributed by atoms with Crippen LogP contribution in [0.5, 0.6) is 0 Å². The number of hydrogen-bond acceptors (Lipinski definition) is 3. The van der Waals surface area contributed by atoms with Crippen LogP contribution in [-0.2, 0) is 16.0 Å². The van der Waals surface area contributed by atoms with Gasteiger partial charge in [-0.25, -0.2) is 0 Å². The second kappa shape index (κ2) is 9.19. The van der Waals surface area contributed by atoms with Crippen molar-refractivity contribution in [2.75, 3.05) is 26.2 Å². The molecule has 20 heavy (non-hydrogen) atoms. The number of amides is 1. The zero-order valence-corrected chi connectivity index (χ0v) is 12.8. The average molecular weight is 319 g/mol. The van der Waals surface area contributed by atoms with Gasteiger partial charge >= 0.3 is 0 Å². The number of benzene rings is 1. The van der Waals surface area contributed by atoms with Crippen LogP contribution >= 0.6 is 24.0 Å². The third-order valence-corrected chi connectivity index (χ3v) is 3.33. The highest BCUT2D eigenvalue weighted by Crippen LogP contribution is 2.10. The van der Waals surface area contributed by atoms with E-state index in [9.17, 15) is 4.79 Å². The number of ether oxygens (including phenoxy) is 1. The summed E-state index contributed by atoms with van der Waals surface area (Å²) in [4.78, 5) is 11.8. The molecule has 1 atom stereocenters. The van der Waals surface area contributed by atoms with Gasteiger partial charge in [0.2, 0.25) is 5.91 Å². The molecule has 1 aliphatic heterocycles. The lowest BCUT2D eigenvalue weighted by Crippen LogP contribution is -2.48. The van der Waals surface area contributed by atoms with Crippen molar-refractivity contribution in [2.24, 2.45) is 0 Å². The summed E-state index contributed by atoms with van der Waals surface area (Å²) in [5.41, 5.74) is 1.23. The van der Waals surface area contributed by atoms with Gasteiger partial charge < -0.3 is 15.4 Å². The van der Waals surface area contributed by atoms with Crippen molar-refractivity contribution in [3.8, 4) is 0 Å². The number of hydrogen-bond donors (Lipinski definition) is 2. The smallest absolute Gasteiger partial charge is 0.250 e. The van der Waals surface area contributed by atoms with Crippen molar-refractivity contribution in [1.82, 2.24) is 10.6 Å². The van der Waals surface area contributed by atoms with Gasteiger partial charge in [0.1, 0.15) is 6.10 Å². The predicted molar refractivity (Wildman–Crippen MR) is 82.6 cm³/mol. The lowest BCUT2D eigenvalue weighted by molar-refractivity contribution is -0.134. The van der Waals surface area contributed by atoms with E-state index in [0.29, 0.717) is 19.7 Å². The molecule has 1 aromatic carbocycles. The minimum absolute atomic E-state index is 0. The molecule has 6 heteroatoms. The molecule has 0 radical (unpaired) electrons. The first-order chi connectivity index (χ1) is 9.25. The van der Waals surface area contributed by atoms with Crippen LogP contribution in [0.1, 0.15) is 12.0 Å². The van der Waals surface area contributed by atoms with Gasteiger partial charge in [0.25, 0.3) is 0 Å². The molecule has 1 aliphatic rings. The Balaban J connectivity index is 0.00000200. The molecule has 1 heterocycles. The fraction of sp³-hybridized carbons (Fsp3) is 0.500. The lowest BCUT2D eigenvalue weighted by atomic mass is 10.1. The summed E-state index contributed by atoms with van der Waals surface area (Å²) in [6.45, 7) is 2.69. The second-order valence-corrected chi connectivity index (χ2v) is 5.02. The summed E-state index contributed by atoms with van der Waals surface area (Å²) in [6.07, 6.45) is 1.50. The zero-order chi connectivity index (χ0) is 13.5. The number of nitrogens with one attached hydrogen (secondary N) is 2. The largest absolute Gasteiger partial charge is 0.366 e. The lowest BCUT2D eigenvalue weighted by Gasteiger charge is -2.22. The van der Waals surface area contributed by atoms with Crippen LogP contribution in [0.15, 0.2) is 24.3 Å². The normalized spacial score (nSPS) is 18.1. The highest BCUT2D eigenvalue weighted by Gasteiger charge is 2.20. The summed E-state index contributed by atoms with van der Waals surface area (Å²) < 4.78 is 5.38. The van der Waals surface area contributed by atoms with E-state index in [2.05, 4.69) is 10.6 Å². The molecule has 4 nitrogen and oxygen atoms in total. The van der Waals surface area contributed by atoms with E-state index in [1.807, 2.05) is 24.3 Å². The van der Waals surface area contributed by atoms with Crippen molar-refractivity contribution in [3.63, 3.8) is 0 Å². The van der Waals surface area contributed by atoms with Gasteiger partial charge in [0, 0.05) is 24.7 Å². The molecule has 1 saturated heterocycles. The van der Waals surface area contributed by atoms with Gasteiger partial charge in [-0.3, -0.25) is 4.79 Å². The summed E-state index contributed by atoms with van der Waals surface area (Å²) in [7, 11) is 0. The Bertz CT molecular complexity index is 406. The maximum absolute atomic E-state index is 11.8. The quantitative estimate of drug-likeness (QED) is 0.814. The van der Waals surface area contributed by atoms with Crippen molar-refractivity contribution in [1.29, 1.82) is 0 Å². The number of carbonyl (C=O) groups is 1. The van der Waals surface area contributed by atoms with Crippen LogP contribution in [0, 0.1) is 0 Å². The topological polar surface area (TPSA) is 50.4 Å². The maximum Gasteiger partial charge on any atom is 0.250 e. The number of morpholine rings is 1. The van der Waals surface area contributed by atoms with E-state index < -0.39 is 0 Å². The molecule has 0 saturated carbocycles. The molecule has 0 spiro atoms. The Morgan fingerprint density at radius 2 is 2.15 bits per heavy atom. The van der Waals surface area contributed by atoms with Crippen LogP contribution in [0.2, 0.25) is 5.02 Å². The number of rotatable bonds is 5. The van der Waals surface area contributed by atoms with Gasteiger partial charge in [-0.2, -0.15) is 0 Å². The molecule has 1 aromatic rings. The third kappa shape index (κ3) is 5.67. The van der Waals surface area contributed by atoms with Gasteiger partial charge in [0.05, 0.1) is 6.61 Å². The minimum atomic E-state index is -0.343. The fourth-order valence-electron chi connectivity index (χ4n) is 2.00. The van der Waals surface area contributed by atoms with Crippen molar-refractivity contribution in [2.45, 2.75) is 18.9 Å². The summed E-state index contributed by atoms with van der Waals surface area (Å²) in [5.74, 6) is -0.0247. The molecular formula is C14H20Cl2N2O2. The van der Waals surface area contributed by atoms with Crippen molar-refractivity contribution in [3.05, 3.63) is 34.9 Å². The highest BCUT2D eigenvalue weighted by molar-refractivity contribution is 6.30. The molecule has 0 aliphatic carbocycles. The Labute approximate surface area is 130 Å². The van der Waals surface area contributed by atoms with E-state index in [0.717, 1.165) is 24.4 Å². The third-order valence-electron chi connectivity index (χ3n) is 3.07. The highest BCUT2D eigenvalue weighted by atomic mass is 35.5. The maximum atomic E-state index is 11.8. The van der Waals surface area contributed by atoms with Crippen LogP contribution in [-0.4, -0.2) is 38.3 Å². The molecule has 1 amide bonds. The van der Waals surface area contributed by atoms with Gasteiger partial charge in [0.15, 0.2) is 0 Å². The Hall–Kier alpha value is -0.810. The van der Waals surface area contributed by atoms with Crippen LogP contribution < -0.4 is 10.6 Å². The number of carbonyl (C=O) groups excluding carboxylic acids is 1. The molecule has 0 aromatic heterocycles. The predicted octanol–water partition coefficient (Wildman–Crippen LogP) is 1.80. The zero-order valence-electron chi connectivity index (χ0n) is 11.2. The monoisotopic (exact) mass is 318 g/mol. The van der Waals surface area contributed by atoms with Crippen LogP contribution in [0.3, 0.4) is 0 Å². The van der Waals surface area contributed by atoms with Crippen LogP contribution in [0.4, 0.5) is 0 Å². The first kappa shape index (κ1) is 17.2. The van der Waals surface area contributed by atoms with Crippen molar-refractivity contribution < 1.29 is 9.53 Å². The molecule has 112 valence electrons. The van der Waals surface area contributed by atoms with Crippen molar-refractivity contribution >= 4 is 29.9 Å². The van der Waals surface area contributed by atoms with E-state index in [1.165, 1.54) is 5.56 Å². The molecule has 2 N–H and O–H groups in total. The molecule has 2 rings (SSSR count). The number of halogens is 2. The van der Waals surface area contributed by atoms with Gasteiger partial charge in [-0.15, -0.1) is 12.4 Å². The summed E-state index contributed by atoms with van der Waals surface area (Å²) in [5, 5.41) is 6.79. The standard InChI is InChI=1S/C14H19ClN2O2.ClH/c15-12-5-3-11(4-6-12)2-1-7-17-14(18)13-10-16-8-9-19-13;/h3-6,13,16H,1-2,7-10H2,(H,17,18);1H. The SMILES string of the molecule is Cl.O=C(NCCCc1ccc(Cl)cc1)C1CNCCO1. The Morgan fingerprint density at radius 3 is 2.80 bits per heavy atom. The van der Waals surface area contributed by atoms with E-state index in [4.69, 9.17) is 16.3 Å². The average Bonchev–Trinajstić information content (AvgIpc) is 2.46. The molecule has 0 bridgehead atoms. The van der Waals surface area contributed by atoms with Crippen LogP contribution in [0.25, 0.3) is 0 Å². The van der Waals surface area contributed by atoms with E-state index in [1.54, 1.807) is 0 Å². The van der Waals surface area contributed by atoms with E-state index in [-0.39, 0.29) is 24.4 Å². The second-order valence-electron chi connectivity index (χ2n) is 4.58. The van der Waals surface area contributed by atoms with Gasteiger partial charge in [-0.05, 0) is 30.5 Å².